The molecule has 0 saturated carbocycles. The zero-order chi connectivity index (χ0) is 11.0. The van der Waals surface area contributed by atoms with Gasteiger partial charge in [-0.2, -0.15) is 0 Å². The Kier molecular flexibility index (Phi) is 7.03. The average molecular weight is 196 g/mol. The zero-order valence-electron chi connectivity index (χ0n) is 8.91. The minimum atomic E-state index is -0.537. The predicted octanol–water partition coefficient (Wildman–Crippen LogP) is 2.48. The van der Waals surface area contributed by atoms with Crippen LogP contribution in [0.5, 0.6) is 0 Å². The number of aliphatic hydroxyl groups is 1. The first-order valence-electron chi connectivity index (χ1n) is 5.03. The van der Waals surface area contributed by atoms with Gasteiger partial charge in [-0.1, -0.05) is 12.2 Å². The third kappa shape index (κ3) is 4.97. The van der Waals surface area contributed by atoms with Crippen molar-refractivity contribution in [1.29, 1.82) is 0 Å². The maximum absolute atomic E-state index is 11.2. The van der Waals surface area contributed by atoms with E-state index in [1.165, 1.54) is 6.92 Å². The smallest absolute Gasteiger partial charge is 0.135 e. The highest BCUT2D eigenvalue weighted by Crippen LogP contribution is 2.16. The number of ketones is 1. The molecule has 0 heterocycles. The van der Waals surface area contributed by atoms with Crippen LogP contribution in [0, 0.1) is 5.92 Å². The molecular formula is C12H20O2. The molecule has 1 N–H and O–H groups in total. The summed E-state index contributed by atoms with van der Waals surface area (Å²) in [5.41, 5.74) is 0. The summed E-state index contributed by atoms with van der Waals surface area (Å²) in [6.45, 7) is 8.71. The summed E-state index contributed by atoms with van der Waals surface area (Å²) in [5, 5.41) is 9.73. The molecule has 80 valence electrons. The second kappa shape index (κ2) is 7.51. The van der Waals surface area contributed by atoms with E-state index in [9.17, 15) is 9.90 Å². The van der Waals surface area contributed by atoms with Gasteiger partial charge in [-0.15, -0.1) is 13.2 Å². The van der Waals surface area contributed by atoms with Crippen molar-refractivity contribution in [2.45, 2.75) is 38.7 Å². The molecule has 0 saturated heterocycles. The highest BCUT2D eigenvalue weighted by molar-refractivity contribution is 5.79. The van der Waals surface area contributed by atoms with Gasteiger partial charge < -0.3 is 5.11 Å². The molecule has 0 radical (unpaired) electrons. The summed E-state index contributed by atoms with van der Waals surface area (Å²) < 4.78 is 0. The van der Waals surface area contributed by atoms with E-state index in [1.807, 2.05) is 6.08 Å². The van der Waals surface area contributed by atoms with Crippen molar-refractivity contribution in [3.8, 4) is 0 Å². The maximum Gasteiger partial charge on any atom is 0.135 e. The minimum absolute atomic E-state index is 0.0380. The van der Waals surface area contributed by atoms with E-state index < -0.39 is 6.10 Å². The van der Waals surface area contributed by atoms with E-state index in [1.54, 1.807) is 6.08 Å². The number of carbonyl (C=O) groups is 1. The highest BCUT2D eigenvalue weighted by atomic mass is 16.3. The fourth-order valence-electron chi connectivity index (χ4n) is 1.45. The second-order valence-corrected chi connectivity index (χ2v) is 3.53. The van der Waals surface area contributed by atoms with Gasteiger partial charge in [0.2, 0.25) is 0 Å². The second-order valence-electron chi connectivity index (χ2n) is 3.53. The highest BCUT2D eigenvalue weighted by Gasteiger charge is 2.21. The number of Topliss-reactive ketones (excluding diaryl/α,β-unsaturated/α-hetero) is 1. The van der Waals surface area contributed by atoms with Gasteiger partial charge in [0.15, 0.2) is 0 Å². The minimum Gasteiger partial charge on any atom is -0.392 e. The molecule has 0 spiro atoms. The Hall–Kier alpha value is -0.890. The molecule has 2 atom stereocenters. The van der Waals surface area contributed by atoms with E-state index in [-0.39, 0.29) is 11.7 Å². The van der Waals surface area contributed by atoms with Gasteiger partial charge in [0.25, 0.3) is 0 Å². The molecule has 14 heavy (non-hydrogen) atoms. The lowest BCUT2D eigenvalue weighted by atomic mass is 9.91. The van der Waals surface area contributed by atoms with Gasteiger partial charge in [0, 0.05) is 5.92 Å². The van der Waals surface area contributed by atoms with Crippen LogP contribution in [0.15, 0.2) is 25.3 Å². The molecule has 0 aromatic heterocycles. The molecular weight excluding hydrogens is 176 g/mol. The molecule has 0 aromatic rings. The van der Waals surface area contributed by atoms with Gasteiger partial charge in [0.1, 0.15) is 5.78 Å². The van der Waals surface area contributed by atoms with E-state index in [4.69, 9.17) is 0 Å². The molecule has 0 amide bonds. The molecule has 0 aliphatic carbocycles. The number of hydrogen-bond acceptors (Lipinski definition) is 2. The maximum atomic E-state index is 11.2. The Balaban J connectivity index is 4.00. The van der Waals surface area contributed by atoms with E-state index >= 15 is 0 Å². The number of allylic oxidation sites excluding steroid dienone is 2. The largest absolute Gasteiger partial charge is 0.392 e. The normalized spacial score (nSPS) is 14.4. The van der Waals surface area contributed by atoms with Crippen molar-refractivity contribution < 1.29 is 9.90 Å². The Bertz CT molecular complexity index is 196. The SMILES string of the molecule is C=CCCC[C@H](O)[C@@H](CC=C)C(C)=O. The van der Waals surface area contributed by atoms with E-state index in [2.05, 4.69) is 13.2 Å². The van der Waals surface area contributed by atoms with Crippen molar-refractivity contribution in [3.63, 3.8) is 0 Å². The standard InChI is InChI=1S/C12H20O2/c1-4-6-7-9-12(14)11(8-5-2)10(3)13/h4-5,11-12,14H,1-2,6-9H2,3H3/t11-,12-/m0/s1. The van der Waals surface area contributed by atoms with Crippen molar-refractivity contribution in [2.24, 2.45) is 5.92 Å². The van der Waals surface area contributed by atoms with Crippen LogP contribution in [0.4, 0.5) is 0 Å². The molecule has 0 bridgehead atoms. The topological polar surface area (TPSA) is 37.3 Å². The van der Waals surface area contributed by atoms with Crippen LogP contribution in [-0.4, -0.2) is 17.0 Å². The number of aliphatic hydroxyl groups excluding tert-OH is 1. The van der Waals surface area contributed by atoms with Gasteiger partial charge in [-0.3, -0.25) is 4.79 Å². The Morgan fingerprint density at radius 3 is 2.50 bits per heavy atom. The summed E-state index contributed by atoms with van der Waals surface area (Å²) in [6, 6.07) is 0. The van der Waals surface area contributed by atoms with Crippen molar-refractivity contribution in [3.05, 3.63) is 25.3 Å². The molecule has 0 unspecified atom stereocenters. The lowest BCUT2D eigenvalue weighted by Gasteiger charge is -2.18. The Labute approximate surface area is 86.3 Å². The van der Waals surface area contributed by atoms with Crippen molar-refractivity contribution in [1.82, 2.24) is 0 Å². The predicted molar refractivity (Wildman–Crippen MR) is 59.0 cm³/mol. The summed E-state index contributed by atoms with van der Waals surface area (Å²) in [4.78, 5) is 11.2. The van der Waals surface area contributed by atoms with Gasteiger partial charge in [0.05, 0.1) is 6.10 Å². The van der Waals surface area contributed by atoms with Crippen LogP contribution in [0.1, 0.15) is 32.6 Å². The van der Waals surface area contributed by atoms with Crippen LogP contribution >= 0.6 is 0 Å². The molecule has 0 aliphatic heterocycles. The fraction of sp³-hybridized carbons (Fsp3) is 0.583. The lowest BCUT2D eigenvalue weighted by molar-refractivity contribution is -0.124. The number of hydrogen-bond donors (Lipinski definition) is 1. The average Bonchev–Trinajstić information content (AvgIpc) is 2.13. The third-order valence-electron chi connectivity index (χ3n) is 2.32. The van der Waals surface area contributed by atoms with Crippen LogP contribution < -0.4 is 0 Å². The van der Waals surface area contributed by atoms with Gasteiger partial charge in [-0.05, 0) is 32.6 Å². The molecule has 0 rings (SSSR count). The van der Waals surface area contributed by atoms with E-state index in [0.717, 1.165) is 12.8 Å². The van der Waals surface area contributed by atoms with Crippen molar-refractivity contribution >= 4 is 5.78 Å². The third-order valence-corrected chi connectivity index (χ3v) is 2.32. The summed E-state index contributed by atoms with van der Waals surface area (Å²) in [7, 11) is 0. The monoisotopic (exact) mass is 196 g/mol. The molecule has 0 aromatic carbocycles. The van der Waals surface area contributed by atoms with Crippen LogP contribution in [0.2, 0.25) is 0 Å². The molecule has 2 heteroatoms. The Morgan fingerprint density at radius 1 is 1.43 bits per heavy atom. The van der Waals surface area contributed by atoms with E-state index in [0.29, 0.717) is 12.8 Å². The number of unbranched alkanes of at least 4 members (excludes halogenated alkanes) is 1. The van der Waals surface area contributed by atoms with Crippen LogP contribution in [0.3, 0.4) is 0 Å². The molecule has 2 nitrogen and oxygen atoms in total. The molecule has 0 fully saturated rings. The Morgan fingerprint density at radius 2 is 2.07 bits per heavy atom. The fourth-order valence-corrected chi connectivity index (χ4v) is 1.45. The number of rotatable bonds is 8. The first-order chi connectivity index (χ1) is 6.63. The number of carbonyl (C=O) groups excluding carboxylic acids is 1. The van der Waals surface area contributed by atoms with Gasteiger partial charge in [-0.25, -0.2) is 0 Å². The van der Waals surface area contributed by atoms with Crippen LogP contribution in [-0.2, 0) is 4.79 Å². The zero-order valence-corrected chi connectivity index (χ0v) is 8.91. The lowest BCUT2D eigenvalue weighted by Crippen LogP contribution is -2.26. The quantitative estimate of drug-likeness (QED) is 0.478. The van der Waals surface area contributed by atoms with Crippen molar-refractivity contribution in [2.75, 3.05) is 0 Å². The first kappa shape index (κ1) is 13.1. The van der Waals surface area contributed by atoms with Gasteiger partial charge >= 0.3 is 0 Å². The van der Waals surface area contributed by atoms with Crippen LogP contribution in [0.25, 0.3) is 0 Å². The summed E-state index contributed by atoms with van der Waals surface area (Å²) in [6.07, 6.45) is 5.95. The summed E-state index contributed by atoms with van der Waals surface area (Å²) in [5.74, 6) is -0.242. The molecule has 0 aliphatic rings. The first-order valence-corrected chi connectivity index (χ1v) is 5.03. The summed E-state index contributed by atoms with van der Waals surface area (Å²) >= 11 is 0.